The first kappa shape index (κ1) is 15.5. The van der Waals surface area contributed by atoms with Gasteiger partial charge in [0.1, 0.15) is 5.75 Å². The fourth-order valence-corrected chi connectivity index (χ4v) is 1.83. The van der Waals surface area contributed by atoms with Crippen molar-refractivity contribution in [2.24, 2.45) is 0 Å². The number of aryl methyl sites for hydroxylation is 1. The van der Waals surface area contributed by atoms with Crippen molar-refractivity contribution in [2.75, 3.05) is 6.54 Å². The predicted octanol–water partition coefficient (Wildman–Crippen LogP) is 3.38. The third kappa shape index (κ3) is 4.93. The highest BCUT2D eigenvalue weighted by molar-refractivity contribution is 5.80. The van der Waals surface area contributed by atoms with Crippen molar-refractivity contribution in [3.63, 3.8) is 0 Å². The van der Waals surface area contributed by atoms with Gasteiger partial charge in [-0.25, -0.2) is 0 Å². The zero-order valence-electron chi connectivity index (χ0n) is 12.5. The molecule has 106 valence electrons. The van der Waals surface area contributed by atoms with E-state index in [4.69, 9.17) is 4.74 Å². The second kappa shape index (κ2) is 7.82. The number of hydrogen-bond donors (Lipinski definition) is 1. The molecule has 0 radical (unpaired) electrons. The van der Waals surface area contributed by atoms with Gasteiger partial charge in [0.05, 0.1) is 0 Å². The van der Waals surface area contributed by atoms with E-state index in [2.05, 4.69) is 12.2 Å². The lowest BCUT2D eigenvalue weighted by Crippen LogP contribution is -2.36. The van der Waals surface area contributed by atoms with Gasteiger partial charge in [0.2, 0.25) is 0 Å². The number of rotatable bonds is 7. The summed E-state index contributed by atoms with van der Waals surface area (Å²) in [5.74, 6) is 0.744. The van der Waals surface area contributed by atoms with Crippen LogP contribution in [-0.2, 0) is 4.79 Å². The molecule has 1 aromatic rings. The van der Waals surface area contributed by atoms with E-state index in [1.165, 1.54) is 5.56 Å². The smallest absolute Gasteiger partial charge is 0.260 e. The summed E-state index contributed by atoms with van der Waals surface area (Å²) in [6.07, 6.45) is 2.87. The lowest BCUT2D eigenvalue weighted by atomic mass is 10.1. The molecular formula is C16H25NO2. The molecule has 19 heavy (non-hydrogen) atoms. The van der Waals surface area contributed by atoms with Gasteiger partial charge in [-0.05, 0) is 44.4 Å². The van der Waals surface area contributed by atoms with E-state index in [0.29, 0.717) is 0 Å². The van der Waals surface area contributed by atoms with Crippen molar-refractivity contribution in [3.05, 3.63) is 29.3 Å². The molecule has 1 N–H and O–H groups in total. The maximum Gasteiger partial charge on any atom is 0.260 e. The number of nitrogens with one attached hydrogen (secondary N) is 1. The first-order valence-corrected chi connectivity index (χ1v) is 7.06. The Morgan fingerprint density at radius 1 is 1.32 bits per heavy atom. The second-order valence-electron chi connectivity index (χ2n) is 4.96. The topological polar surface area (TPSA) is 38.3 Å². The first-order valence-electron chi connectivity index (χ1n) is 7.06. The maximum absolute atomic E-state index is 11.9. The van der Waals surface area contributed by atoms with Crippen LogP contribution < -0.4 is 10.1 Å². The molecule has 0 aliphatic rings. The van der Waals surface area contributed by atoms with Crippen LogP contribution in [0.3, 0.4) is 0 Å². The molecule has 3 nitrogen and oxygen atoms in total. The van der Waals surface area contributed by atoms with Gasteiger partial charge in [-0.3, -0.25) is 4.79 Å². The zero-order chi connectivity index (χ0) is 14.3. The minimum atomic E-state index is -0.456. The third-order valence-corrected chi connectivity index (χ3v) is 3.31. The van der Waals surface area contributed by atoms with Crippen LogP contribution in [0.4, 0.5) is 0 Å². The molecule has 3 heteroatoms. The fourth-order valence-electron chi connectivity index (χ4n) is 1.83. The summed E-state index contributed by atoms with van der Waals surface area (Å²) in [5, 5.41) is 2.91. The molecule has 0 saturated carbocycles. The standard InChI is InChI=1S/C16H25NO2/c1-5-6-7-11-17-16(18)14(4)19-15-10-8-9-12(2)13(15)3/h8-10,14H,5-7,11H2,1-4H3,(H,17,18)/t14-/m0/s1. The van der Waals surface area contributed by atoms with Crippen LogP contribution in [0, 0.1) is 13.8 Å². The molecule has 0 aromatic heterocycles. The van der Waals surface area contributed by atoms with Gasteiger partial charge >= 0.3 is 0 Å². The summed E-state index contributed by atoms with van der Waals surface area (Å²) in [5.41, 5.74) is 2.26. The van der Waals surface area contributed by atoms with Gasteiger partial charge in [-0.1, -0.05) is 31.9 Å². The number of hydrogen-bond acceptors (Lipinski definition) is 2. The van der Waals surface area contributed by atoms with Crippen LogP contribution in [0.1, 0.15) is 44.2 Å². The average Bonchev–Trinajstić information content (AvgIpc) is 2.39. The lowest BCUT2D eigenvalue weighted by molar-refractivity contribution is -0.127. The molecule has 0 aliphatic carbocycles. The lowest BCUT2D eigenvalue weighted by Gasteiger charge is -2.17. The molecule has 0 fully saturated rings. The molecule has 1 amide bonds. The van der Waals surface area contributed by atoms with Gasteiger partial charge in [0, 0.05) is 6.54 Å². The van der Waals surface area contributed by atoms with Gasteiger partial charge in [0.15, 0.2) is 6.10 Å². The van der Waals surface area contributed by atoms with Crippen LogP contribution >= 0.6 is 0 Å². The highest BCUT2D eigenvalue weighted by Gasteiger charge is 2.15. The maximum atomic E-state index is 11.9. The summed E-state index contributed by atoms with van der Waals surface area (Å²) in [6.45, 7) is 8.71. The van der Waals surface area contributed by atoms with Gasteiger partial charge in [-0.2, -0.15) is 0 Å². The number of unbranched alkanes of at least 4 members (excludes halogenated alkanes) is 2. The predicted molar refractivity (Wildman–Crippen MR) is 78.5 cm³/mol. The van der Waals surface area contributed by atoms with Gasteiger partial charge in [0.25, 0.3) is 5.91 Å². The molecule has 1 rings (SSSR count). The average molecular weight is 263 g/mol. The number of amides is 1. The molecule has 0 saturated heterocycles. The fraction of sp³-hybridized carbons (Fsp3) is 0.562. The van der Waals surface area contributed by atoms with Crippen molar-refractivity contribution in [1.29, 1.82) is 0 Å². The molecule has 0 spiro atoms. The summed E-state index contributed by atoms with van der Waals surface area (Å²) in [6, 6.07) is 5.89. The van der Waals surface area contributed by atoms with E-state index >= 15 is 0 Å². The molecule has 0 heterocycles. The van der Waals surface area contributed by atoms with Crippen molar-refractivity contribution in [2.45, 2.75) is 53.1 Å². The van der Waals surface area contributed by atoms with Crippen molar-refractivity contribution < 1.29 is 9.53 Å². The van der Waals surface area contributed by atoms with Crippen LogP contribution in [0.25, 0.3) is 0 Å². The van der Waals surface area contributed by atoms with Gasteiger partial charge < -0.3 is 10.1 Å². The van der Waals surface area contributed by atoms with E-state index in [1.54, 1.807) is 6.92 Å². The summed E-state index contributed by atoms with van der Waals surface area (Å²) in [4.78, 5) is 11.9. The van der Waals surface area contributed by atoms with Gasteiger partial charge in [-0.15, -0.1) is 0 Å². The quantitative estimate of drug-likeness (QED) is 0.766. The molecule has 1 aromatic carbocycles. The third-order valence-electron chi connectivity index (χ3n) is 3.31. The van der Waals surface area contributed by atoms with Crippen LogP contribution in [0.15, 0.2) is 18.2 Å². The monoisotopic (exact) mass is 263 g/mol. The van der Waals surface area contributed by atoms with Crippen LogP contribution in [-0.4, -0.2) is 18.6 Å². The Balaban J connectivity index is 2.47. The van der Waals surface area contributed by atoms with E-state index in [9.17, 15) is 4.79 Å². The molecule has 0 unspecified atom stereocenters. The highest BCUT2D eigenvalue weighted by Crippen LogP contribution is 2.21. The van der Waals surface area contributed by atoms with Crippen LogP contribution in [0.2, 0.25) is 0 Å². The summed E-state index contributed by atoms with van der Waals surface area (Å²) < 4.78 is 5.73. The minimum absolute atomic E-state index is 0.0444. The molecule has 0 bridgehead atoms. The second-order valence-corrected chi connectivity index (χ2v) is 4.96. The van der Waals surface area contributed by atoms with Crippen molar-refractivity contribution in [3.8, 4) is 5.75 Å². The summed E-state index contributed by atoms with van der Waals surface area (Å²) >= 11 is 0. The Bertz CT molecular complexity index is 415. The van der Waals surface area contributed by atoms with Crippen molar-refractivity contribution in [1.82, 2.24) is 5.32 Å². The number of carbonyl (C=O) groups excluding carboxylic acids is 1. The number of benzene rings is 1. The largest absolute Gasteiger partial charge is 0.481 e. The van der Waals surface area contributed by atoms with E-state index < -0.39 is 6.10 Å². The summed E-state index contributed by atoms with van der Waals surface area (Å²) in [7, 11) is 0. The Morgan fingerprint density at radius 3 is 2.74 bits per heavy atom. The van der Waals surface area contributed by atoms with Crippen LogP contribution in [0.5, 0.6) is 5.75 Å². The van der Waals surface area contributed by atoms with E-state index in [-0.39, 0.29) is 5.91 Å². The van der Waals surface area contributed by atoms with E-state index in [0.717, 1.165) is 37.1 Å². The normalized spacial score (nSPS) is 12.0. The van der Waals surface area contributed by atoms with E-state index in [1.807, 2.05) is 32.0 Å². The Hall–Kier alpha value is -1.51. The molecule has 1 atom stereocenters. The molecular weight excluding hydrogens is 238 g/mol. The highest BCUT2D eigenvalue weighted by atomic mass is 16.5. The number of ether oxygens (including phenoxy) is 1. The Kier molecular flexibility index (Phi) is 6.40. The number of carbonyl (C=O) groups is 1. The SMILES string of the molecule is CCCCCNC(=O)[C@H](C)Oc1cccc(C)c1C. The minimum Gasteiger partial charge on any atom is -0.481 e. The Labute approximate surface area is 116 Å². The zero-order valence-corrected chi connectivity index (χ0v) is 12.5. The van der Waals surface area contributed by atoms with Crippen molar-refractivity contribution >= 4 is 5.91 Å². The first-order chi connectivity index (χ1) is 9.06. The molecule has 0 aliphatic heterocycles. The Morgan fingerprint density at radius 2 is 2.05 bits per heavy atom.